The van der Waals surface area contributed by atoms with Gasteiger partial charge in [-0.2, -0.15) is 0 Å². The van der Waals surface area contributed by atoms with Gasteiger partial charge in [0.25, 0.3) is 0 Å². The summed E-state index contributed by atoms with van der Waals surface area (Å²) in [5.41, 5.74) is 1.26. The summed E-state index contributed by atoms with van der Waals surface area (Å²) in [5.74, 6) is 2.00. The maximum absolute atomic E-state index is 4.47. The second-order valence-electron chi connectivity index (χ2n) is 4.25. The Morgan fingerprint density at radius 2 is 2.27 bits per heavy atom. The average molecular weight is 269 g/mol. The van der Waals surface area contributed by atoms with Crippen molar-refractivity contribution in [3.63, 3.8) is 0 Å². The zero-order chi connectivity index (χ0) is 10.8. The molecule has 2 nitrogen and oxygen atoms in total. The first-order valence-corrected chi connectivity index (χ1v) is 6.37. The van der Waals surface area contributed by atoms with Crippen molar-refractivity contribution < 1.29 is 0 Å². The van der Waals surface area contributed by atoms with Crippen molar-refractivity contribution >= 4 is 21.7 Å². The van der Waals surface area contributed by atoms with Crippen LogP contribution in [0, 0.1) is 12.8 Å². The molecule has 3 heteroatoms. The second-order valence-corrected chi connectivity index (χ2v) is 5.04. The Kier molecular flexibility index (Phi) is 3.29. The van der Waals surface area contributed by atoms with Crippen LogP contribution in [0.5, 0.6) is 0 Å². The molecule has 1 fully saturated rings. The van der Waals surface area contributed by atoms with Crippen LogP contribution in [0.25, 0.3) is 0 Å². The van der Waals surface area contributed by atoms with Crippen LogP contribution in [-0.4, -0.2) is 18.1 Å². The smallest absolute Gasteiger partial charge is 0.143 e. The van der Waals surface area contributed by atoms with Gasteiger partial charge in [0.15, 0.2) is 0 Å². The maximum Gasteiger partial charge on any atom is 0.143 e. The number of aromatic nitrogens is 1. The highest BCUT2D eigenvalue weighted by atomic mass is 79.9. The first-order valence-electron chi connectivity index (χ1n) is 5.58. The molecule has 1 heterocycles. The largest absolute Gasteiger partial charge is 0.356 e. The molecule has 0 atom stereocenters. The summed E-state index contributed by atoms with van der Waals surface area (Å²) in [6, 6.07) is 2.04. The topological polar surface area (TPSA) is 16.1 Å². The van der Waals surface area contributed by atoms with Crippen LogP contribution in [0.1, 0.15) is 25.3 Å². The molecule has 15 heavy (non-hydrogen) atoms. The van der Waals surface area contributed by atoms with E-state index in [1.54, 1.807) is 0 Å². The summed E-state index contributed by atoms with van der Waals surface area (Å²) in [5, 5.41) is 0. The lowest BCUT2D eigenvalue weighted by Gasteiger charge is -2.23. The third-order valence-corrected chi connectivity index (χ3v) is 3.90. The van der Waals surface area contributed by atoms with Crippen LogP contribution in [0.4, 0.5) is 5.82 Å². The van der Waals surface area contributed by atoms with Crippen LogP contribution in [0.15, 0.2) is 16.7 Å². The van der Waals surface area contributed by atoms with Gasteiger partial charge in [-0.15, -0.1) is 0 Å². The summed E-state index contributed by atoms with van der Waals surface area (Å²) >= 11 is 3.63. The molecular formula is C12H17BrN2. The summed E-state index contributed by atoms with van der Waals surface area (Å²) in [4.78, 5) is 6.84. The fourth-order valence-corrected chi connectivity index (χ4v) is 2.21. The minimum Gasteiger partial charge on any atom is -0.356 e. The highest BCUT2D eigenvalue weighted by molar-refractivity contribution is 9.10. The standard InChI is InChI=1S/C12H17BrN2/c1-3-15(8-10-4-5-10)12-11(13)9(2)6-7-14-12/h6-7,10H,3-5,8H2,1-2H3. The van der Waals surface area contributed by atoms with Crippen molar-refractivity contribution in [2.24, 2.45) is 5.92 Å². The number of rotatable bonds is 4. The quantitative estimate of drug-likeness (QED) is 0.833. The van der Waals surface area contributed by atoms with E-state index in [1.807, 2.05) is 12.3 Å². The van der Waals surface area contributed by atoms with Crippen molar-refractivity contribution in [1.82, 2.24) is 4.98 Å². The van der Waals surface area contributed by atoms with Crippen molar-refractivity contribution in [3.8, 4) is 0 Å². The van der Waals surface area contributed by atoms with E-state index in [0.717, 1.165) is 29.3 Å². The third kappa shape index (κ3) is 2.51. The fourth-order valence-electron chi connectivity index (χ4n) is 1.72. The van der Waals surface area contributed by atoms with Gasteiger partial charge >= 0.3 is 0 Å². The van der Waals surface area contributed by atoms with Gasteiger partial charge in [0.1, 0.15) is 5.82 Å². The molecule has 0 radical (unpaired) electrons. The van der Waals surface area contributed by atoms with Crippen molar-refractivity contribution in [2.75, 3.05) is 18.0 Å². The van der Waals surface area contributed by atoms with Gasteiger partial charge in [-0.25, -0.2) is 4.98 Å². The number of halogens is 1. The van der Waals surface area contributed by atoms with Crippen molar-refractivity contribution in [2.45, 2.75) is 26.7 Å². The Bertz CT molecular complexity index is 347. The van der Waals surface area contributed by atoms with Crippen LogP contribution in [-0.2, 0) is 0 Å². The van der Waals surface area contributed by atoms with E-state index in [1.165, 1.54) is 18.4 Å². The highest BCUT2D eigenvalue weighted by Crippen LogP contribution is 2.33. The van der Waals surface area contributed by atoms with E-state index in [0.29, 0.717) is 0 Å². The number of anilines is 1. The van der Waals surface area contributed by atoms with Crippen molar-refractivity contribution in [3.05, 3.63) is 22.3 Å². The van der Waals surface area contributed by atoms with Gasteiger partial charge in [0.2, 0.25) is 0 Å². The minimum atomic E-state index is 0.902. The molecule has 0 aromatic carbocycles. The predicted octanol–water partition coefficient (Wildman–Crippen LogP) is 3.39. The fraction of sp³-hybridized carbons (Fsp3) is 0.583. The van der Waals surface area contributed by atoms with E-state index in [9.17, 15) is 0 Å². The summed E-state index contributed by atoms with van der Waals surface area (Å²) in [6.45, 7) is 6.50. The zero-order valence-corrected chi connectivity index (χ0v) is 10.9. The molecule has 82 valence electrons. The highest BCUT2D eigenvalue weighted by Gasteiger charge is 2.25. The number of aryl methyl sites for hydroxylation is 1. The van der Waals surface area contributed by atoms with Gasteiger partial charge in [-0.1, -0.05) is 0 Å². The zero-order valence-electron chi connectivity index (χ0n) is 9.33. The molecule has 1 aliphatic rings. The molecule has 0 bridgehead atoms. The summed E-state index contributed by atoms with van der Waals surface area (Å²) in [7, 11) is 0. The molecule has 0 spiro atoms. The van der Waals surface area contributed by atoms with Gasteiger partial charge < -0.3 is 4.90 Å². The Morgan fingerprint density at radius 3 is 2.87 bits per heavy atom. The van der Waals surface area contributed by atoms with E-state index in [4.69, 9.17) is 0 Å². The number of hydrogen-bond donors (Lipinski definition) is 0. The SMILES string of the molecule is CCN(CC1CC1)c1nccc(C)c1Br. The van der Waals surface area contributed by atoms with Gasteiger partial charge in [-0.3, -0.25) is 0 Å². The van der Waals surface area contributed by atoms with Gasteiger partial charge in [0.05, 0.1) is 4.47 Å². The lowest BCUT2D eigenvalue weighted by molar-refractivity contribution is 0.730. The number of hydrogen-bond acceptors (Lipinski definition) is 2. The molecule has 0 N–H and O–H groups in total. The normalized spacial score (nSPS) is 15.4. The Hall–Kier alpha value is -0.570. The molecule has 1 aromatic heterocycles. The molecule has 0 unspecified atom stereocenters. The second kappa shape index (κ2) is 4.52. The first kappa shape index (κ1) is 10.9. The van der Waals surface area contributed by atoms with E-state index >= 15 is 0 Å². The molecule has 1 aliphatic carbocycles. The third-order valence-electron chi connectivity index (χ3n) is 2.92. The molecule has 0 saturated heterocycles. The van der Waals surface area contributed by atoms with E-state index in [2.05, 4.69) is 39.7 Å². The predicted molar refractivity (Wildman–Crippen MR) is 67.3 cm³/mol. The van der Waals surface area contributed by atoms with Gasteiger partial charge in [-0.05, 0) is 60.2 Å². The summed E-state index contributed by atoms with van der Waals surface area (Å²) < 4.78 is 1.15. The number of nitrogens with zero attached hydrogens (tertiary/aromatic N) is 2. The molecule has 2 rings (SSSR count). The maximum atomic E-state index is 4.47. The molecule has 0 amide bonds. The van der Waals surface area contributed by atoms with Crippen LogP contribution in [0.2, 0.25) is 0 Å². The Labute approximate surface area is 99.8 Å². The Balaban J connectivity index is 2.20. The van der Waals surface area contributed by atoms with Gasteiger partial charge in [0, 0.05) is 19.3 Å². The first-order chi connectivity index (χ1) is 7.22. The number of pyridine rings is 1. The van der Waals surface area contributed by atoms with Crippen LogP contribution >= 0.6 is 15.9 Å². The van der Waals surface area contributed by atoms with Crippen LogP contribution in [0.3, 0.4) is 0 Å². The minimum absolute atomic E-state index is 0.902. The average Bonchev–Trinajstić information content (AvgIpc) is 3.03. The molecule has 0 aliphatic heterocycles. The molecule has 1 saturated carbocycles. The summed E-state index contributed by atoms with van der Waals surface area (Å²) in [6.07, 6.45) is 4.67. The van der Waals surface area contributed by atoms with Crippen molar-refractivity contribution in [1.29, 1.82) is 0 Å². The Morgan fingerprint density at radius 1 is 1.53 bits per heavy atom. The monoisotopic (exact) mass is 268 g/mol. The molecular weight excluding hydrogens is 252 g/mol. The van der Waals surface area contributed by atoms with Crippen LogP contribution < -0.4 is 4.90 Å². The van der Waals surface area contributed by atoms with E-state index in [-0.39, 0.29) is 0 Å². The lowest BCUT2D eigenvalue weighted by Crippen LogP contribution is -2.26. The molecule has 1 aromatic rings. The van der Waals surface area contributed by atoms with E-state index < -0.39 is 0 Å². The lowest BCUT2D eigenvalue weighted by atomic mass is 10.2.